The summed E-state index contributed by atoms with van der Waals surface area (Å²) in [5.41, 5.74) is 4.15. The van der Waals surface area contributed by atoms with E-state index in [1.807, 2.05) is 0 Å². The van der Waals surface area contributed by atoms with Gasteiger partial charge in [-0.1, -0.05) is 0 Å². The zero-order valence-electron chi connectivity index (χ0n) is 3.86. The van der Waals surface area contributed by atoms with Crippen molar-refractivity contribution >= 4 is 0 Å². The van der Waals surface area contributed by atoms with Crippen molar-refractivity contribution in [3.05, 3.63) is 0 Å². The second-order valence-electron chi connectivity index (χ2n) is 0.129. The molecule has 0 aromatic rings. The van der Waals surface area contributed by atoms with E-state index < -0.39 is 0 Å². The summed E-state index contributed by atoms with van der Waals surface area (Å²) in [6.07, 6.45) is 1.25. The van der Waals surface area contributed by atoms with Crippen LogP contribution >= 0.6 is 0 Å². The zero-order valence-corrected chi connectivity index (χ0v) is 2.90. The average Bonchev–Trinajstić information content (AvgIpc) is 0.918. The van der Waals surface area contributed by atoms with Gasteiger partial charge < -0.3 is 5.73 Å². The van der Waals surface area contributed by atoms with Gasteiger partial charge >= 0.3 is 19.6 Å². The molecule has 1 radical (unpaired) electrons. The minimum Gasteiger partial charge on any atom is -0.337 e. The van der Waals surface area contributed by atoms with E-state index in [2.05, 4.69) is 5.73 Å². The standard InChI is InChI=1S/CH2N2.Co/c2-1-3;/h2H2;/q;+2/p+2. The second-order valence-corrected chi connectivity index (χ2v) is 0.129. The van der Waals surface area contributed by atoms with Crippen LogP contribution in [-0.4, -0.2) is 0 Å². The van der Waals surface area contributed by atoms with Gasteiger partial charge in [-0.05, 0) is 0 Å². The van der Waals surface area contributed by atoms with Gasteiger partial charge in [0, 0.05) is 0 Å². The molecular formula is CH4CoN2+4. The topological polar surface area (TPSA) is 49.8 Å². The molecule has 0 spiro atoms. The number of nitrogens with two attached hydrogens (primary N) is 1. The van der Waals surface area contributed by atoms with Gasteiger partial charge in [0.15, 0.2) is 6.19 Å². The fourth-order valence-corrected chi connectivity index (χ4v) is 0. The zero-order chi connectivity index (χ0) is 2.71. The fourth-order valence-electron chi connectivity index (χ4n) is 0. The number of nitriles is 1. The Hall–Kier alpha value is -0.204. The van der Waals surface area contributed by atoms with Crippen LogP contribution in [0, 0.1) is 11.5 Å². The molecule has 2 nitrogen and oxygen atoms in total. The van der Waals surface area contributed by atoms with E-state index in [9.17, 15) is 0 Å². The van der Waals surface area contributed by atoms with Crippen LogP contribution in [0.15, 0.2) is 0 Å². The van der Waals surface area contributed by atoms with Gasteiger partial charge in [0.1, 0.15) is 0 Å². The molecule has 0 aromatic heterocycles. The van der Waals surface area contributed by atoms with Crippen LogP contribution in [0.4, 0.5) is 0 Å². The van der Waals surface area contributed by atoms with Crippen molar-refractivity contribution in [3.8, 4) is 6.19 Å². The molecular weight excluding hydrogens is 99.0 g/mol. The SMILES string of the molecule is N#CN.[Co+2].[H+].[H+]. The number of hydrogen-bond donors (Lipinski definition) is 1. The minimum atomic E-state index is 0. The van der Waals surface area contributed by atoms with Crippen LogP contribution < -0.4 is 5.73 Å². The van der Waals surface area contributed by atoms with E-state index in [-0.39, 0.29) is 19.6 Å². The van der Waals surface area contributed by atoms with Crippen molar-refractivity contribution in [1.29, 1.82) is 5.26 Å². The molecule has 0 aliphatic heterocycles. The number of nitrogens with zero attached hydrogens (tertiary/aromatic N) is 1. The van der Waals surface area contributed by atoms with Crippen molar-refractivity contribution in [2.45, 2.75) is 0 Å². The van der Waals surface area contributed by atoms with Gasteiger partial charge in [-0.25, -0.2) is 0 Å². The first-order valence-electron chi connectivity index (χ1n) is 0.512. The third-order valence-corrected chi connectivity index (χ3v) is 0. The summed E-state index contributed by atoms with van der Waals surface area (Å²) in [5.74, 6) is 0. The molecule has 0 aliphatic carbocycles. The van der Waals surface area contributed by atoms with E-state index in [1.54, 1.807) is 0 Å². The van der Waals surface area contributed by atoms with Crippen molar-refractivity contribution < 1.29 is 19.6 Å². The summed E-state index contributed by atoms with van der Waals surface area (Å²) in [7, 11) is 0. The second kappa shape index (κ2) is 14.2. The quantitative estimate of drug-likeness (QED) is 0.336. The van der Waals surface area contributed by atoms with Crippen LogP contribution in [0.25, 0.3) is 0 Å². The van der Waals surface area contributed by atoms with E-state index in [0.717, 1.165) is 0 Å². The molecule has 0 saturated heterocycles. The number of rotatable bonds is 0. The molecule has 0 fully saturated rings. The maximum atomic E-state index is 7.10. The van der Waals surface area contributed by atoms with Gasteiger partial charge in [0.05, 0.1) is 0 Å². The molecule has 0 heterocycles. The van der Waals surface area contributed by atoms with Gasteiger partial charge in [0.25, 0.3) is 0 Å². The van der Waals surface area contributed by atoms with E-state index in [0.29, 0.717) is 0 Å². The molecule has 0 atom stereocenters. The Kier molecular flexibility index (Phi) is 32.7. The van der Waals surface area contributed by atoms with Crippen molar-refractivity contribution in [2.24, 2.45) is 5.73 Å². The fraction of sp³-hybridized carbons (Fsp3) is 0. The predicted molar refractivity (Wildman–Crippen MR) is 12.0 cm³/mol. The summed E-state index contributed by atoms with van der Waals surface area (Å²) in [4.78, 5) is 0. The van der Waals surface area contributed by atoms with Gasteiger partial charge in [-0.15, -0.1) is 0 Å². The Morgan fingerprint density at radius 1 is 2.00 bits per heavy atom. The van der Waals surface area contributed by atoms with Crippen LogP contribution in [0.2, 0.25) is 0 Å². The first-order valence-corrected chi connectivity index (χ1v) is 0.512. The molecule has 0 aromatic carbocycles. The maximum absolute atomic E-state index is 7.10. The van der Waals surface area contributed by atoms with Crippen LogP contribution in [0.5, 0.6) is 0 Å². The van der Waals surface area contributed by atoms with Crippen LogP contribution in [0.3, 0.4) is 0 Å². The largest absolute Gasteiger partial charge is 2.00 e. The predicted octanol–water partition coefficient (Wildman–Crippen LogP) is -0.351. The first-order chi connectivity index (χ1) is 1.41. The average molecular weight is 103 g/mol. The first kappa shape index (κ1) is 9.20. The Labute approximate surface area is 37.8 Å². The Bertz CT molecular complexity index is 33.0. The summed E-state index contributed by atoms with van der Waals surface area (Å²) >= 11 is 0. The molecule has 3 heteroatoms. The van der Waals surface area contributed by atoms with Crippen molar-refractivity contribution in [3.63, 3.8) is 0 Å². The third kappa shape index (κ3) is 27.5. The molecule has 0 saturated carbocycles. The Morgan fingerprint density at radius 2 is 2.00 bits per heavy atom. The molecule has 0 rings (SSSR count). The normalized spacial score (nSPS) is 1.75. The minimum absolute atomic E-state index is 0. The molecule has 23 valence electrons. The summed E-state index contributed by atoms with van der Waals surface area (Å²) < 4.78 is 0. The Balaban J connectivity index is -0.00000000667. The smallest absolute Gasteiger partial charge is 0.337 e. The summed E-state index contributed by atoms with van der Waals surface area (Å²) in [5, 5.41) is 7.10. The Morgan fingerprint density at radius 3 is 2.00 bits per heavy atom. The molecule has 4 heavy (non-hydrogen) atoms. The molecule has 0 aliphatic rings. The maximum Gasteiger partial charge on any atom is 2.00 e. The van der Waals surface area contributed by atoms with Crippen LogP contribution in [0.1, 0.15) is 2.85 Å². The molecule has 2 N–H and O–H groups in total. The monoisotopic (exact) mass is 103 g/mol. The van der Waals surface area contributed by atoms with Gasteiger partial charge in [-0.2, -0.15) is 5.26 Å². The van der Waals surface area contributed by atoms with Gasteiger partial charge in [0.2, 0.25) is 0 Å². The van der Waals surface area contributed by atoms with Crippen LogP contribution in [-0.2, 0) is 16.8 Å². The van der Waals surface area contributed by atoms with E-state index >= 15 is 0 Å². The molecule has 0 unspecified atom stereocenters. The van der Waals surface area contributed by atoms with E-state index in [4.69, 9.17) is 5.26 Å². The summed E-state index contributed by atoms with van der Waals surface area (Å²) in [6, 6.07) is 0. The van der Waals surface area contributed by atoms with Crippen molar-refractivity contribution in [1.82, 2.24) is 0 Å². The molecule has 0 bridgehead atoms. The molecule has 0 amide bonds. The van der Waals surface area contributed by atoms with Gasteiger partial charge in [-0.3, -0.25) is 0 Å². The third-order valence-electron chi connectivity index (χ3n) is 0. The summed E-state index contributed by atoms with van der Waals surface area (Å²) in [6.45, 7) is 0. The van der Waals surface area contributed by atoms with E-state index in [1.165, 1.54) is 6.19 Å². The number of hydrogen-bond acceptors (Lipinski definition) is 2. The van der Waals surface area contributed by atoms with Crippen molar-refractivity contribution in [2.75, 3.05) is 0 Å².